The van der Waals surface area contributed by atoms with Crippen LogP contribution in [0.4, 0.5) is 0 Å². The first kappa shape index (κ1) is 38.3. The Labute approximate surface area is 233 Å². The van der Waals surface area contributed by atoms with Gasteiger partial charge in [0.2, 0.25) is 5.91 Å². The van der Waals surface area contributed by atoms with E-state index in [0.717, 1.165) is 39.1 Å². The molecule has 12 heteroatoms. The smallest absolute Gasteiger partial charge is 0.253 e. The SMILES string of the molecule is CC(C)CC=O.CC(C)CO.CNCN(N)/C=C(\N)CNC(=O)C1CCC(CN2C(=O)C=CC2=O)CC1.CO. The fraction of sp³-hybridized carbons (Fsp3) is 0.704. The minimum absolute atomic E-state index is 0.0213. The lowest BCUT2D eigenvalue weighted by atomic mass is 9.81. The van der Waals surface area contributed by atoms with Crippen molar-refractivity contribution in [3.05, 3.63) is 24.0 Å². The van der Waals surface area contributed by atoms with Crippen LogP contribution in [-0.4, -0.2) is 84.7 Å². The number of hydrogen-bond acceptors (Lipinski definition) is 10. The van der Waals surface area contributed by atoms with Crippen LogP contribution >= 0.6 is 0 Å². The Balaban J connectivity index is 0. The number of aliphatic hydroxyl groups excluding tert-OH is 2. The molecule has 0 aromatic carbocycles. The molecule has 0 saturated heterocycles. The van der Waals surface area contributed by atoms with Crippen molar-refractivity contribution in [2.45, 2.75) is 59.8 Å². The van der Waals surface area contributed by atoms with Gasteiger partial charge in [0.1, 0.15) is 6.29 Å². The highest BCUT2D eigenvalue weighted by Crippen LogP contribution is 2.30. The van der Waals surface area contributed by atoms with E-state index in [-0.39, 0.29) is 36.1 Å². The van der Waals surface area contributed by atoms with Crippen molar-refractivity contribution >= 4 is 24.0 Å². The molecule has 0 bridgehead atoms. The van der Waals surface area contributed by atoms with Crippen molar-refractivity contribution < 1.29 is 29.4 Å². The Morgan fingerprint density at radius 2 is 1.62 bits per heavy atom. The van der Waals surface area contributed by atoms with E-state index in [1.54, 1.807) is 13.2 Å². The molecule has 3 amide bonds. The van der Waals surface area contributed by atoms with Crippen LogP contribution in [-0.2, 0) is 19.2 Å². The third-order valence-electron chi connectivity index (χ3n) is 5.63. The Bertz CT molecular complexity index is 746. The molecule has 0 aromatic heterocycles. The van der Waals surface area contributed by atoms with E-state index in [1.807, 2.05) is 27.7 Å². The molecular formula is C27H52N6O6. The largest absolute Gasteiger partial charge is 0.400 e. The molecule has 2 aliphatic rings. The second kappa shape index (κ2) is 23.1. The molecule has 1 saturated carbocycles. The first-order chi connectivity index (χ1) is 18.4. The van der Waals surface area contributed by atoms with Gasteiger partial charge >= 0.3 is 0 Å². The summed E-state index contributed by atoms with van der Waals surface area (Å²) < 4.78 is 0. The zero-order chi connectivity index (χ0) is 30.4. The number of carbonyl (C=O) groups is 4. The van der Waals surface area contributed by atoms with Crippen LogP contribution in [0.25, 0.3) is 0 Å². The lowest BCUT2D eigenvalue weighted by molar-refractivity contribution is -0.138. The van der Waals surface area contributed by atoms with Crippen LogP contribution in [0, 0.1) is 23.7 Å². The zero-order valence-electron chi connectivity index (χ0n) is 24.6. The van der Waals surface area contributed by atoms with E-state index in [2.05, 4.69) is 10.6 Å². The summed E-state index contributed by atoms with van der Waals surface area (Å²) in [5.41, 5.74) is 6.32. The molecule has 8 N–H and O–H groups in total. The van der Waals surface area contributed by atoms with Gasteiger partial charge in [-0.2, -0.15) is 0 Å². The number of hydrazine groups is 1. The van der Waals surface area contributed by atoms with Crippen LogP contribution in [0.3, 0.4) is 0 Å². The van der Waals surface area contributed by atoms with Gasteiger partial charge in [-0.15, -0.1) is 0 Å². The molecule has 1 fully saturated rings. The number of imide groups is 1. The average molecular weight is 557 g/mol. The third kappa shape index (κ3) is 19.0. The Morgan fingerprint density at radius 1 is 1.10 bits per heavy atom. The highest BCUT2D eigenvalue weighted by atomic mass is 16.3. The van der Waals surface area contributed by atoms with Crippen molar-refractivity contribution in [2.75, 3.05) is 40.5 Å². The quantitative estimate of drug-likeness (QED) is 0.0685. The van der Waals surface area contributed by atoms with Gasteiger partial charge in [-0.3, -0.25) is 19.3 Å². The Morgan fingerprint density at radius 3 is 2.00 bits per heavy atom. The summed E-state index contributed by atoms with van der Waals surface area (Å²) in [7, 11) is 2.77. The van der Waals surface area contributed by atoms with Gasteiger partial charge in [0, 0.05) is 56.6 Å². The van der Waals surface area contributed by atoms with Crippen molar-refractivity contribution in [3.8, 4) is 0 Å². The maximum Gasteiger partial charge on any atom is 0.253 e. The fourth-order valence-corrected chi connectivity index (χ4v) is 3.49. The normalized spacial score (nSPS) is 18.4. The number of nitrogens with zero attached hydrogens (tertiary/aromatic N) is 2. The number of aldehydes is 1. The minimum atomic E-state index is -0.246. The van der Waals surface area contributed by atoms with Crippen molar-refractivity contribution in [1.29, 1.82) is 0 Å². The molecule has 0 spiro atoms. The molecule has 1 aliphatic carbocycles. The van der Waals surface area contributed by atoms with E-state index in [9.17, 15) is 19.2 Å². The summed E-state index contributed by atoms with van der Waals surface area (Å²) in [4.78, 5) is 46.4. The van der Waals surface area contributed by atoms with Gasteiger partial charge in [-0.25, -0.2) is 5.84 Å². The van der Waals surface area contributed by atoms with Crippen LogP contribution in [0.15, 0.2) is 24.0 Å². The second-order valence-corrected chi connectivity index (χ2v) is 10.2. The lowest BCUT2D eigenvalue weighted by Crippen LogP contribution is -2.39. The number of nitrogens with two attached hydrogens (primary N) is 2. The summed E-state index contributed by atoms with van der Waals surface area (Å²) in [6.07, 6.45) is 8.95. The monoisotopic (exact) mass is 556 g/mol. The van der Waals surface area contributed by atoms with Crippen LogP contribution in [0.1, 0.15) is 59.8 Å². The first-order valence-electron chi connectivity index (χ1n) is 13.4. The topological polar surface area (TPSA) is 191 Å². The third-order valence-corrected chi connectivity index (χ3v) is 5.63. The predicted molar refractivity (Wildman–Crippen MR) is 152 cm³/mol. The maximum absolute atomic E-state index is 12.3. The van der Waals surface area contributed by atoms with Crippen LogP contribution in [0.5, 0.6) is 0 Å². The second-order valence-electron chi connectivity index (χ2n) is 10.2. The van der Waals surface area contributed by atoms with Gasteiger partial charge in [0.15, 0.2) is 0 Å². The average Bonchev–Trinajstić information content (AvgIpc) is 3.21. The molecule has 0 radical (unpaired) electrons. The maximum atomic E-state index is 12.3. The van der Waals surface area contributed by atoms with E-state index in [4.69, 9.17) is 21.8 Å². The van der Waals surface area contributed by atoms with E-state index in [1.165, 1.54) is 22.1 Å². The van der Waals surface area contributed by atoms with Gasteiger partial charge in [-0.05, 0) is 50.5 Å². The summed E-state index contributed by atoms with van der Waals surface area (Å²) in [5, 5.41) is 22.3. The Hall–Kier alpha value is -2.80. The molecule has 0 atom stereocenters. The molecule has 226 valence electrons. The van der Waals surface area contributed by atoms with Gasteiger partial charge < -0.3 is 36.4 Å². The van der Waals surface area contributed by atoms with Gasteiger partial charge in [0.05, 0.1) is 13.2 Å². The highest BCUT2D eigenvalue weighted by Gasteiger charge is 2.31. The van der Waals surface area contributed by atoms with Crippen LogP contribution < -0.4 is 22.2 Å². The van der Waals surface area contributed by atoms with E-state index < -0.39 is 0 Å². The molecule has 12 nitrogen and oxygen atoms in total. The molecule has 0 aromatic rings. The van der Waals surface area contributed by atoms with Gasteiger partial charge in [-0.1, -0.05) is 27.7 Å². The number of aliphatic hydroxyl groups is 2. The predicted octanol–water partition coefficient (Wildman–Crippen LogP) is 0.461. The molecule has 39 heavy (non-hydrogen) atoms. The van der Waals surface area contributed by atoms with Crippen molar-refractivity contribution in [3.63, 3.8) is 0 Å². The molecule has 0 unspecified atom stereocenters. The van der Waals surface area contributed by atoms with Crippen LogP contribution in [0.2, 0.25) is 0 Å². The van der Waals surface area contributed by atoms with E-state index in [0.29, 0.717) is 43.8 Å². The summed E-state index contributed by atoms with van der Waals surface area (Å²) in [6.45, 7) is 9.43. The van der Waals surface area contributed by atoms with Gasteiger partial charge in [0.25, 0.3) is 11.8 Å². The molecule has 2 rings (SSSR count). The highest BCUT2D eigenvalue weighted by molar-refractivity contribution is 6.12. The summed E-state index contributed by atoms with van der Waals surface area (Å²) in [6, 6.07) is 0. The summed E-state index contributed by atoms with van der Waals surface area (Å²) in [5.74, 6) is 6.33. The number of rotatable bonds is 11. The minimum Gasteiger partial charge on any atom is -0.400 e. The molecule has 1 heterocycles. The first-order valence-corrected chi connectivity index (χ1v) is 13.4. The number of nitrogens with one attached hydrogen (secondary N) is 2. The van der Waals surface area contributed by atoms with Crippen molar-refractivity contribution in [1.82, 2.24) is 20.5 Å². The Kier molecular flexibility index (Phi) is 22.7. The van der Waals surface area contributed by atoms with Crippen molar-refractivity contribution in [2.24, 2.45) is 35.2 Å². The lowest BCUT2D eigenvalue weighted by Gasteiger charge is -2.30. The fourth-order valence-electron chi connectivity index (χ4n) is 3.49. The number of carbonyl (C=O) groups excluding carboxylic acids is 4. The number of hydrogen-bond donors (Lipinski definition) is 6. The molecular weight excluding hydrogens is 504 g/mol. The summed E-state index contributed by atoms with van der Waals surface area (Å²) >= 11 is 0. The van der Waals surface area contributed by atoms with E-state index >= 15 is 0 Å². The number of amides is 3. The standard InChI is InChI=1S/C17H28N6O3.C5H10O.C4H10O.CH4O/c1-20-11-22(19)10-14(18)8-21-17(26)13-4-2-12(3-5-13)9-23-15(24)6-7-16(23)25;1-5(2)3-4-6;1-4(2)3-5;1-2/h6-7,10,12-13,20H,2-5,8-9,11,18-19H2,1H3,(H,21,26);4-5H,3H2,1-2H3;4-5H,3H2,1-2H3;2H,1H3/b14-10-;;;. The molecule has 1 aliphatic heterocycles. The zero-order valence-corrected chi connectivity index (χ0v) is 24.6.